The van der Waals surface area contributed by atoms with Gasteiger partial charge in [0, 0.05) is 32.7 Å². The predicted octanol–water partition coefficient (Wildman–Crippen LogP) is 7.74. The van der Waals surface area contributed by atoms with Gasteiger partial charge in [-0.1, -0.05) is 66.2 Å². The molecule has 0 aliphatic heterocycles. The lowest BCUT2D eigenvalue weighted by molar-refractivity contribution is -0.114. The molecule has 0 fully saturated rings. The van der Waals surface area contributed by atoms with Crippen molar-refractivity contribution in [2.45, 2.75) is 4.90 Å². The largest absolute Gasteiger partial charge is 0.321 e. The Hall–Kier alpha value is -4.77. The Morgan fingerprint density at radius 3 is 2.27 bits per heavy atom. The highest BCUT2D eigenvalue weighted by Gasteiger charge is 2.17. The van der Waals surface area contributed by atoms with Crippen molar-refractivity contribution in [3.8, 4) is 11.3 Å². The minimum atomic E-state index is -0.674. The van der Waals surface area contributed by atoms with E-state index in [0.29, 0.717) is 16.4 Å². The number of benzene rings is 4. The van der Waals surface area contributed by atoms with Crippen LogP contribution in [0.4, 0.5) is 15.2 Å². The van der Waals surface area contributed by atoms with Crippen molar-refractivity contribution in [2.24, 2.45) is 0 Å². The SMILES string of the molecule is O=C(CSc1ccc(NC(=O)/C(=C/c2c(F)cccc2Cl)NC(=O)c2ccccc2)cc1)Nc1nc(-c2ccccc2)cs1. The van der Waals surface area contributed by atoms with Gasteiger partial charge in [0.05, 0.1) is 16.5 Å². The zero-order valence-corrected chi connectivity index (χ0v) is 25.3. The van der Waals surface area contributed by atoms with Gasteiger partial charge in [0.1, 0.15) is 11.5 Å². The van der Waals surface area contributed by atoms with Crippen molar-refractivity contribution >= 4 is 69.3 Å². The number of nitrogens with zero attached hydrogens (tertiary/aromatic N) is 1. The highest BCUT2D eigenvalue weighted by atomic mass is 35.5. The third-order valence-electron chi connectivity index (χ3n) is 6.12. The first-order chi connectivity index (χ1) is 21.4. The van der Waals surface area contributed by atoms with Crippen molar-refractivity contribution in [1.82, 2.24) is 10.3 Å². The van der Waals surface area contributed by atoms with Crippen LogP contribution in [0.2, 0.25) is 5.02 Å². The molecule has 0 aliphatic rings. The third kappa shape index (κ3) is 8.19. The molecule has 3 N–H and O–H groups in total. The van der Waals surface area contributed by atoms with Crippen LogP contribution in [0.25, 0.3) is 17.3 Å². The zero-order chi connectivity index (χ0) is 30.9. The Kier molecular flexibility index (Phi) is 10.2. The molecule has 0 unspecified atom stereocenters. The second kappa shape index (κ2) is 14.6. The number of amides is 3. The Labute approximate surface area is 266 Å². The highest BCUT2D eigenvalue weighted by molar-refractivity contribution is 8.00. The van der Waals surface area contributed by atoms with Gasteiger partial charge in [0.25, 0.3) is 11.8 Å². The summed E-state index contributed by atoms with van der Waals surface area (Å²) in [6.07, 6.45) is 1.20. The molecule has 0 saturated carbocycles. The number of nitrogens with one attached hydrogen (secondary N) is 3. The molecule has 0 aliphatic carbocycles. The van der Waals surface area contributed by atoms with Crippen molar-refractivity contribution < 1.29 is 18.8 Å². The zero-order valence-electron chi connectivity index (χ0n) is 22.9. The number of rotatable bonds is 10. The molecule has 3 amide bonds. The number of thioether (sulfide) groups is 1. The van der Waals surface area contributed by atoms with E-state index in [1.54, 1.807) is 54.6 Å². The Morgan fingerprint density at radius 1 is 0.864 bits per heavy atom. The van der Waals surface area contributed by atoms with Gasteiger partial charge in [0.2, 0.25) is 5.91 Å². The molecule has 5 rings (SSSR count). The fourth-order valence-corrected chi connectivity index (χ4v) is 5.60. The summed E-state index contributed by atoms with van der Waals surface area (Å²) < 4.78 is 14.5. The van der Waals surface area contributed by atoms with Gasteiger partial charge in [-0.15, -0.1) is 23.1 Å². The number of aromatic nitrogens is 1. The van der Waals surface area contributed by atoms with Crippen molar-refractivity contribution in [1.29, 1.82) is 0 Å². The summed E-state index contributed by atoms with van der Waals surface area (Å²) in [4.78, 5) is 43.9. The van der Waals surface area contributed by atoms with Crippen LogP contribution in [-0.2, 0) is 9.59 Å². The second-order valence-electron chi connectivity index (χ2n) is 9.23. The fourth-order valence-electron chi connectivity index (χ4n) is 3.95. The Balaban J connectivity index is 1.21. The molecule has 0 spiro atoms. The molecule has 5 aromatic rings. The van der Waals surface area contributed by atoms with E-state index in [1.807, 2.05) is 35.7 Å². The molecule has 44 heavy (non-hydrogen) atoms. The summed E-state index contributed by atoms with van der Waals surface area (Å²) >= 11 is 8.85. The lowest BCUT2D eigenvalue weighted by Crippen LogP contribution is -2.30. The van der Waals surface area contributed by atoms with Gasteiger partial charge < -0.3 is 16.0 Å². The predicted molar refractivity (Wildman–Crippen MR) is 175 cm³/mol. The molecule has 1 heterocycles. The van der Waals surface area contributed by atoms with Crippen LogP contribution in [0.5, 0.6) is 0 Å². The van der Waals surface area contributed by atoms with Crippen molar-refractivity contribution in [2.75, 3.05) is 16.4 Å². The van der Waals surface area contributed by atoms with E-state index >= 15 is 0 Å². The van der Waals surface area contributed by atoms with E-state index < -0.39 is 17.6 Å². The van der Waals surface area contributed by atoms with Gasteiger partial charge in [-0.05, 0) is 54.6 Å². The minimum absolute atomic E-state index is 0.0354. The molecule has 0 bridgehead atoms. The molecule has 7 nitrogen and oxygen atoms in total. The average Bonchev–Trinajstić information content (AvgIpc) is 3.51. The standard InChI is InChI=1S/C33H24ClFN4O3S2/c34-26-12-7-13-27(35)25(26)18-28(37-31(41)22-10-5-2-6-11-22)32(42)36-23-14-16-24(17-15-23)43-20-30(40)39-33-38-29(19-44-33)21-8-3-1-4-9-21/h1-19H,20H2,(H,36,42)(H,37,41)(H,38,39,40)/b28-18-. The number of carbonyl (C=O) groups is 3. The lowest BCUT2D eigenvalue weighted by Gasteiger charge is -2.12. The minimum Gasteiger partial charge on any atom is -0.321 e. The van der Waals surface area contributed by atoms with E-state index in [2.05, 4.69) is 20.9 Å². The maximum absolute atomic E-state index is 14.5. The molecular formula is C33H24ClFN4O3S2. The fraction of sp³-hybridized carbons (Fsp3) is 0.0303. The van der Waals surface area contributed by atoms with E-state index in [-0.39, 0.29) is 27.9 Å². The normalized spacial score (nSPS) is 11.1. The number of hydrogen-bond acceptors (Lipinski definition) is 6. The quantitative estimate of drug-likeness (QED) is 0.107. The molecule has 220 valence electrons. The summed E-state index contributed by atoms with van der Waals surface area (Å²) in [5.41, 5.74) is 2.29. The summed E-state index contributed by atoms with van der Waals surface area (Å²) in [6.45, 7) is 0. The van der Waals surface area contributed by atoms with Crippen LogP contribution < -0.4 is 16.0 Å². The van der Waals surface area contributed by atoms with Gasteiger partial charge >= 0.3 is 0 Å². The number of halogens is 2. The molecule has 11 heteroatoms. The molecule has 0 saturated heterocycles. The number of hydrogen-bond donors (Lipinski definition) is 3. The first-order valence-electron chi connectivity index (χ1n) is 13.2. The topological polar surface area (TPSA) is 100 Å². The van der Waals surface area contributed by atoms with Gasteiger partial charge in [-0.2, -0.15) is 0 Å². The van der Waals surface area contributed by atoms with Crippen molar-refractivity contribution in [3.05, 3.63) is 136 Å². The monoisotopic (exact) mass is 642 g/mol. The first kappa shape index (κ1) is 30.7. The first-order valence-corrected chi connectivity index (χ1v) is 15.5. The van der Waals surface area contributed by atoms with E-state index in [9.17, 15) is 18.8 Å². The summed E-state index contributed by atoms with van der Waals surface area (Å²) in [5.74, 6) is -1.90. The van der Waals surface area contributed by atoms with Crippen LogP contribution in [-0.4, -0.2) is 28.5 Å². The highest BCUT2D eigenvalue weighted by Crippen LogP contribution is 2.26. The molecule has 4 aromatic carbocycles. The van der Waals surface area contributed by atoms with Crippen LogP contribution in [0.1, 0.15) is 15.9 Å². The summed E-state index contributed by atoms with van der Waals surface area (Å²) in [5, 5.41) is 10.6. The molecule has 0 radical (unpaired) electrons. The van der Waals surface area contributed by atoms with E-state index in [1.165, 1.54) is 47.4 Å². The van der Waals surface area contributed by atoms with Gasteiger partial charge in [-0.3, -0.25) is 14.4 Å². The van der Waals surface area contributed by atoms with E-state index in [0.717, 1.165) is 16.2 Å². The number of anilines is 2. The van der Waals surface area contributed by atoms with Crippen LogP contribution in [0.3, 0.4) is 0 Å². The lowest BCUT2D eigenvalue weighted by atomic mass is 10.1. The summed E-state index contributed by atoms with van der Waals surface area (Å²) in [7, 11) is 0. The number of thiazole rings is 1. The van der Waals surface area contributed by atoms with Crippen LogP contribution in [0.15, 0.2) is 119 Å². The molecule has 1 aromatic heterocycles. The average molecular weight is 643 g/mol. The van der Waals surface area contributed by atoms with Gasteiger partial charge in [-0.25, -0.2) is 9.37 Å². The van der Waals surface area contributed by atoms with E-state index in [4.69, 9.17) is 11.6 Å². The summed E-state index contributed by atoms with van der Waals surface area (Å²) in [6, 6.07) is 29.0. The van der Waals surface area contributed by atoms with Crippen LogP contribution >= 0.6 is 34.7 Å². The Bertz CT molecular complexity index is 1790. The maximum Gasteiger partial charge on any atom is 0.272 e. The van der Waals surface area contributed by atoms with Gasteiger partial charge in [0.15, 0.2) is 5.13 Å². The number of carbonyl (C=O) groups excluding carboxylic acids is 3. The molecular weight excluding hydrogens is 619 g/mol. The van der Waals surface area contributed by atoms with Crippen molar-refractivity contribution in [3.63, 3.8) is 0 Å². The third-order valence-corrected chi connectivity index (χ3v) is 8.22. The maximum atomic E-state index is 14.5. The molecule has 0 atom stereocenters. The smallest absolute Gasteiger partial charge is 0.272 e. The van der Waals surface area contributed by atoms with Crippen LogP contribution in [0, 0.1) is 5.82 Å². The Morgan fingerprint density at radius 2 is 1.57 bits per heavy atom. The second-order valence-corrected chi connectivity index (χ2v) is 11.5.